The van der Waals surface area contributed by atoms with E-state index in [9.17, 15) is 4.79 Å². The molecule has 0 fully saturated rings. The Morgan fingerprint density at radius 3 is 2.81 bits per heavy atom. The van der Waals surface area contributed by atoms with Crippen molar-refractivity contribution in [1.82, 2.24) is 10.3 Å². The van der Waals surface area contributed by atoms with Crippen LogP contribution in [0.1, 0.15) is 21.6 Å². The van der Waals surface area contributed by atoms with Gasteiger partial charge >= 0.3 is 0 Å². The summed E-state index contributed by atoms with van der Waals surface area (Å²) in [4.78, 5) is 16.2. The van der Waals surface area contributed by atoms with Gasteiger partial charge in [0.25, 0.3) is 5.91 Å². The largest absolute Gasteiger partial charge is 0.497 e. The molecule has 5 nitrogen and oxygen atoms in total. The second-order valence-corrected chi connectivity index (χ2v) is 4.91. The summed E-state index contributed by atoms with van der Waals surface area (Å²) >= 11 is 0. The molecule has 2 aromatic rings. The first-order chi connectivity index (χ1) is 10.3. The molecule has 1 aromatic heterocycles. The van der Waals surface area contributed by atoms with Gasteiger partial charge < -0.3 is 15.4 Å². The fourth-order valence-electron chi connectivity index (χ4n) is 2.32. The number of nitrogens with zero attached hydrogens (tertiary/aromatic N) is 1. The molecule has 1 aliphatic heterocycles. The SMILES string of the molecule is COc1ccc(CNc2ccc3c(n2)C(=O)NCC3)cc1. The molecular formula is C16H17N3O2. The third-order valence-electron chi connectivity index (χ3n) is 3.51. The fourth-order valence-corrected chi connectivity index (χ4v) is 2.32. The summed E-state index contributed by atoms with van der Waals surface area (Å²) in [6.45, 7) is 1.34. The van der Waals surface area contributed by atoms with Gasteiger partial charge in [0.1, 0.15) is 17.3 Å². The molecule has 1 amide bonds. The quantitative estimate of drug-likeness (QED) is 0.900. The van der Waals surface area contributed by atoms with Crippen LogP contribution >= 0.6 is 0 Å². The van der Waals surface area contributed by atoms with Gasteiger partial charge in [-0.1, -0.05) is 18.2 Å². The number of hydrogen-bond acceptors (Lipinski definition) is 4. The van der Waals surface area contributed by atoms with Crippen molar-refractivity contribution in [3.63, 3.8) is 0 Å². The Kier molecular flexibility index (Phi) is 3.73. The number of pyridine rings is 1. The van der Waals surface area contributed by atoms with Crippen LogP contribution in [0.3, 0.4) is 0 Å². The van der Waals surface area contributed by atoms with Crippen molar-refractivity contribution >= 4 is 11.7 Å². The lowest BCUT2D eigenvalue weighted by Gasteiger charge is -2.16. The zero-order valence-corrected chi connectivity index (χ0v) is 11.8. The molecule has 2 heterocycles. The van der Waals surface area contributed by atoms with Crippen molar-refractivity contribution in [3.05, 3.63) is 53.2 Å². The van der Waals surface area contributed by atoms with Gasteiger partial charge in [-0.2, -0.15) is 0 Å². The van der Waals surface area contributed by atoms with Gasteiger partial charge in [0, 0.05) is 13.1 Å². The number of aromatic nitrogens is 1. The minimum absolute atomic E-state index is 0.0932. The van der Waals surface area contributed by atoms with Crippen LogP contribution < -0.4 is 15.4 Å². The van der Waals surface area contributed by atoms with Crippen molar-refractivity contribution in [2.45, 2.75) is 13.0 Å². The Morgan fingerprint density at radius 1 is 1.24 bits per heavy atom. The number of carbonyl (C=O) groups excluding carboxylic acids is 1. The maximum absolute atomic E-state index is 11.8. The molecule has 108 valence electrons. The van der Waals surface area contributed by atoms with Crippen LogP contribution in [0.25, 0.3) is 0 Å². The summed E-state index contributed by atoms with van der Waals surface area (Å²) < 4.78 is 5.13. The highest BCUT2D eigenvalue weighted by atomic mass is 16.5. The van der Waals surface area contributed by atoms with Crippen molar-refractivity contribution in [2.75, 3.05) is 19.0 Å². The summed E-state index contributed by atoms with van der Waals surface area (Å²) in [6.07, 6.45) is 0.840. The smallest absolute Gasteiger partial charge is 0.270 e. The van der Waals surface area contributed by atoms with E-state index in [1.54, 1.807) is 7.11 Å². The molecule has 0 bridgehead atoms. The first-order valence-electron chi connectivity index (χ1n) is 6.91. The number of rotatable bonds is 4. The van der Waals surface area contributed by atoms with Gasteiger partial charge in [-0.05, 0) is 35.7 Å². The van der Waals surface area contributed by atoms with Crippen LogP contribution in [0.2, 0.25) is 0 Å². The van der Waals surface area contributed by atoms with E-state index >= 15 is 0 Å². The van der Waals surface area contributed by atoms with E-state index in [0.29, 0.717) is 24.6 Å². The molecule has 5 heteroatoms. The minimum atomic E-state index is -0.0932. The summed E-state index contributed by atoms with van der Waals surface area (Å²) in [7, 11) is 1.65. The van der Waals surface area contributed by atoms with Gasteiger partial charge in [-0.3, -0.25) is 4.79 Å². The van der Waals surface area contributed by atoms with Crippen LogP contribution in [-0.2, 0) is 13.0 Å². The number of fused-ring (bicyclic) bond motifs is 1. The normalized spacial score (nSPS) is 13.3. The topological polar surface area (TPSA) is 63.2 Å². The van der Waals surface area contributed by atoms with E-state index in [1.807, 2.05) is 36.4 Å². The molecule has 21 heavy (non-hydrogen) atoms. The molecule has 0 unspecified atom stereocenters. The van der Waals surface area contributed by atoms with E-state index in [4.69, 9.17) is 4.74 Å². The summed E-state index contributed by atoms with van der Waals surface area (Å²) in [6, 6.07) is 11.7. The number of amides is 1. The average Bonchev–Trinajstić information content (AvgIpc) is 2.54. The minimum Gasteiger partial charge on any atom is -0.497 e. The zero-order valence-electron chi connectivity index (χ0n) is 11.8. The Morgan fingerprint density at radius 2 is 2.05 bits per heavy atom. The number of anilines is 1. The Balaban J connectivity index is 1.70. The van der Waals surface area contributed by atoms with Crippen molar-refractivity contribution in [2.24, 2.45) is 0 Å². The molecular weight excluding hydrogens is 266 g/mol. The second-order valence-electron chi connectivity index (χ2n) is 4.91. The highest BCUT2D eigenvalue weighted by Gasteiger charge is 2.18. The Hall–Kier alpha value is -2.56. The monoisotopic (exact) mass is 283 g/mol. The third kappa shape index (κ3) is 2.97. The number of methoxy groups -OCH3 is 1. The second kappa shape index (κ2) is 5.83. The maximum Gasteiger partial charge on any atom is 0.270 e. The molecule has 0 saturated heterocycles. The van der Waals surface area contributed by atoms with Gasteiger partial charge in [-0.15, -0.1) is 0 Å². The maximum atomic E-state index is 11.8. The summed E-state index contributed by atoms with van der Waals surface area (Å²) in [5, 5.41) is 6.05. The lowest BCUT2D eigenvalue weighted by atomic mass is 10.1. The third-order valence-corrected chi connectivity index (χ3v) is 3.51. The molecule has 1 aromatic carbocycles. The number of hydrogen-bond donors (Lipinski definition) is 2. The first-order valence-corrected chi connectivity index (χ1v) is 6.91. The molecule has 0 radical (unpaired) electrons. The lowest BCUT2D eigenvalue weighted by Crippen LogP contribution is -2.32. The van der Waals surface area contributed by atoms with Crippen molar-refractivity contribution in [3.8, 4) is 5.75 Å². The molecule has 1 aliphatic rings. The van der Waals surface area contributed by atoms with Gasteiger partial charge in [0.2, 0.25) is 0 Å². The highest BCUT2D eigenvalue weighted by Crippen LogP contribution is 2.16. The van der Waals surface area contributed by atoms with Crippen molar-refractivity contribution < 1.29 is 9.53 Å². The average molecular weight is 283 g/mol. The van der Waals surface area contributed by atoms with E-state index in [2.05, 4.69) is 15.6 Å². The number of nitrogens with one attached hydrogen (secondary N) is 2. The Bertz CT molecular complexity index is 653. The molecule has 2 N–H and O–H groups in total. The summed E-state index contributed by atoms with van der Waals surface area (Å²) in [5.74, 6) is 1.45. The molecule has 0 spiro atoms. The van der Waals surface area contributed by atoms with Crippen LogP contribution in [-0.4, -0.2) is 24.5 Å². The van der Waals surface area contributed by atoms with E-state index < -0.39 is 0 Å². The van der Waals surface area contributed by atoms with Crippen LogP contribution in [0.4, 0.5) is 5.82 Å². The van der Waals surface area contributed by atoms with Crippen LogP contribution in [0.15, 0.2) is 36.4 Å². The molecule has 3 rings (SSSR count). The van der Waals surface area contributed by atoms with E-state index in [0.717, 1.165) is 23.3 Å². The fraction of sp³-hybridized carbons (Fsp3) is 0.250. The number of benzene rings is 1. The van der Waals surface area contributed by atoms with Crippen LogP contribution in [0.5, 0.6) is 5.75 Å². The Labute approximate surface area is 123 Å². The van der Waals surface area contributed by atoms with E-state index in [1.165, 1.54) is 0 Å². The standard InChI is InChI=1S/C16H17N3O2/c1-21-13-5-2-11(3-6-13)10-18-14-7-4-12-8-9-17-16(20)15(12)19-14/h2-7H,8-10H2,1H3,(H,17,20)(H,18,19). The van der Waals surface area contributed by atoms with Crippen LogP contribution in [0, 0.1) is 0 Å². The number of ether oxygens (including phenoxy) is 1. The molecule has 0 aliphatic carbocycles. The predicted octanol–water partition coefficient (Wildman–Crippen LogP) is 1.99. The summed E-state index contributed by atoms with van der Waals surface area (Å²) in [5.41, 5.74) is 2.66. The zero-order chi connectivity index (χ0) is 14.7. The van der Waals surface area contributed by atoms with Gasteiger partial charge in [0.15, 0.2) is 0 Å². The highest BCUT2D eigenvalue weighted by molar-refractivity contribution is 5.95. The molecule has 0 atom stereocenters. The number of carbonyl (C=O) groups is 1. The van der Waals surface area contributed by atoms with Gasteiger partial charge in [0.05, 0.1) is 7.11 Å². The lowest BCUT2D eigenvalue weighted by molar-refractivity contribution is 0.0940. The van der Waals surface area contributed by atoms with E-state index in [-0.39, 0.29) is 5.91 Å². The predicted molar refractivity (Wildman–Crippen MR) is 80.6 cm³/mol. The van der Waals surface area contributed by atoms with Crippen molar-refractivity contribution in [1.29, 1.82) is 0 Å². The molecule has 0 saturated carbocycles. The first kappa shape index (κ1) is 13.4. The van der Waals surface area contributed by atoms with Gasteiger partial charge in [-0.25, -0.2) is 4.98 Å².